The maximum atomic E-state index is 12.1. The van der Waals surface area contributed by atoms with E-state index in [9.17, 15) is 9.18 Å². The molecule has 62 valence electrons. The lowest BCUT2D eigenvalue weighted by molar-refractivity contribution is -0.118. The molecule has 0 atom stereocenters. The molecule has 0 saturated heterocycles. The van der Waals surface area contributed by atoms with Gasteiger partial charge in [0.05, 0.1) is 0 Å². The van der Waals surface area contributed by atoms with Gasteiger partial charge >= 0.3 is 0 Å². The van der Waals surface area contributed by atoms with Gasteiger partial charge in [-0.3, -0.25) is 4.79 Å². The maximum absolute atomic E-state index is 12.1. The van der Waals surface area contributed by atoms with E-state index in [4.69, 9.17) is 0 Å². The zero-order valence-corrected chi connectivity index (χ0v) is 6.57. The SMILES string of the molecule is C=C1NC=C(F)C(=O)N1.CC. The summed E-state index contributed by atoms with van der Waals surface area (Å²) < 4.78 is 12.1. The first-order chi connectivity index (χ1) is 5.20. The number of hydrogen-bond donors (Lipinski definition) is 2. The first kappa shape index (κ1) is 9.68. The van der Waals surface area contributed by atoms with Crippen molar-refractivity contribution < 1.29 is 9.18 Å². The van der Waals surface area contributed by atoms with E-state index < -0.39 is 11.7 Å². The molecular weight excluding hydrogens is 147 g/mol. The van der Waals surface area contributed by atoms with Crippen LogP contribution in [0, 0.1) is 0 Å². The smallest absolute Gasteiger partial charge is 0.287 e. The van der Waals surface area contributed by atoms with Crippen LogP contribution in [0.1, 0.15) is 13.8 Å². The van der Waals surface area contributed by atoms with Gasteiger partial charge in [0.15, 0.2) is 0 Å². The van der Waals surface area contributed by atoms with Gasteiger partial charge in [0.25, 0.3) is 5.91 Å². The number of carbonyl (C=O) groups is 1. The molecule has 0 spiro atoms. The van der Waals surface area contributed by atoms with Crippen LogP contribution in [0.4, 0.5) is 4.39 Å². The summed E-state index contributed by atoms with van der Waals surface area (Å²) in [5.74, 6) is -1.29. The van der Waals surface area contributed by atoms with Crippen LogP contribution in [0.25, 0.3) is 0 Å². The average Bonchev–Trinajstić information content (AvgIpc) is 2.02. The minimum absolute atomic E-state index is 0.293. The van der Waals surface area contributed by atoms with E-state index in [-0.39, 0.29) is 0 Å². The summed E-state index contributed by atoms with van der Waals surface area (Å²) in [6.45, 7) is 7.34. The lowest BCUT2D eigenvalue weighted by Crippen LogP contribution is -2.33. The predicted octanol–water partition coefficient (Wildman–Crippen LogP) is 1.01. The molecule has 2 N–H and O–H groups in total. The van der Waals surface area contributed by atoms with E-state index in [1.54, 1.807) is 0 Å². The van der Waals surface area contributed by atoms with Crippen LogP contribution in [-0.2, 0) is 4.79 Å². The summed E-state index contributed by atoms with van der Waals surface area (Å²) in [7, 11) is 0. The van der Waals surface area contributed by atoms with Crippen molar-refractivity contribution >= 4 is 5.91 Å². The Morgan fingerprint density at radius 3 is 2.45 bits per heavy atom. The summed E-state index contributed by atoms with van der Waals surface area (Å²) in [6.07, 6.45) is 0.959. The van der Waals surface area contributed by atoms with E-state index in [1.165, 1.54) is 0 Å². The van der Waals surface area contributed by atoms with Gasteiger partial charge in [-0.05, 0) is 0 Å². The third-order valence-electron chi connectivity index (χ3n) is 0.854. The molecule has 0 saturated carbocycles. The number of hydrogen-bond acceptors (Lipinski definition) is 2. The Bertz CT molecular complexity index is 199. The number of rotatable bonds is 0. The summed E-state index contributed by atoms with van der Waals surface area (Å²) in [5.41, 5.74) is 0. The van der Waals surface area contributed by atoms with Crippen molar-refractivity contribution in [3.63, 3.8) is 0 Å². The highest BCUT2D eigenvalue weighted by molar-refractivity contribution is 5.93. The molecule has 0 radical (unpaired) electrons. The molecule has 0 aromatic carbocycles. The van der Waals surface area contributed by atoms with Gasteiger partial charge in [-0.15, -0.1) is 0 Å². The Morgan fingerprint density at radius 1 is 1.55 bits per heavy atom. The first-order valence-electron chi connectivity index (χ1n) is 3.32. The lowest BCUT2D eigenvalue weighted by atomic mass is 10.4. The van der Waals surface area contributed by atoms with Crippen molar-refractivity contribution in [2.45, 2.75) is 13.8 Å². The van der Waals surface area contributed by atoms with Crippen LogP contribution < -0.4 is 10.6 Å². The van der Waals surface area contributed by atoms with Crippen LogP contribution in [0.5, 0.6) is 0 Å². The quantitative estimate of drug-likeness (QED) is 0.552. The van der Waals surface area contributed by atoms with Crippen LogP contribution in [-0.4, -0.2) is 5.91 Å². The van der Waals surface area contributed by atoms with Gasteiger partial charge in [-0.2, -0.15) is 4.39 Å². The lowest BCUT2D eigenvalue weighted by Gasteiger charge is -2.11. The van der Waals surface area contributed by atoms with E-state index in [0.717, 1.165) is 6.20 Å². The summed E-state index contributed by atoms with van der Waals surface area (Å²) in [4.78, 5) is 10.3. The second-order valence-electron chi connectivity index (χ2n) is 1.57. The topological polar surface area (TPSA) is 41.1 Å². The summed E-state index contributed by atoms with van der Waals surface area (Å²) >= 11 is 0. The summed E-state index contributed by atoms with van der Waals surface area (Å²) in [5, 5.41) is 4.54. The third-order valence-corrected chi connectivity index (χ3v) is 0.854. The average molecular weight is 158 g/mol. The minimum atomic E-state index is -0.831. The van der Waals surface area contributed by atoms with Crippen LogP contribution in [0.2, 0.25) is 0 Å². The molecule has 0 bridgehead atoms. The molecule has 3 nitrogen and oxygen atoms in total. The van der Waals surface area contributed by atoms with Crippen molar-refractivity contribution in [2.24, 2.45) is 0 Å². The Morgan fingerprint density at radius 2 is 2.09 bits per heavy atom. The molecule has 0 fully saturated rings. The van der Waals surface area contributed by atoms with Gasteiger partial charge < -0.3 is 10.6 Å². The minimum Gasteiger partial charge on any atom is -0.346 e. The van der Waals surface area contributed by atoms with Crippen LogP contribution >= 0.6 is 0 Å². The molecule has 0 aromatic heterocycles. The van der Waals surface area contributed by atoms with Gasteiger partial charge in [0, 0.05) is 6.20 Å². The maximum Gasteiger partial charge on any atom is 0.287 e. The second kappa shape index (κ2) is 4.49. The van der Waals surface area contributed by atoms with E-state index >= 15 is 0 Å². The second-order valence-corrected chi connectivity index (χ2v) is 1.57. The van der Waals surface area contributed by atoms with Gasteiger partial charge in [-0.1, -0.05) is 20.4 Å². The molecule has 4 heteroatoms. The highest BCUT2D eigenvalue weighted by Gasteiger charge is 2.12. The Kier molecular flexibility index (Phi) is 3.95. The molecule has 0 unspecified atom stereocenters. The number of halogens is 1. The highest BCUT2D eigenvalue weighted by Crippen LogP contribution is 1.99. The van der Waals surface area contributed by atoms with Gasteiger partial charge in [-0.25, -0.2) is 0 Å². The largest absolute Gasteiger partial charge is 0.346 e. The van der Waals surface area contributed by atoms with Crippen molar-refractivity contribution in [1.29, 1.82) is 0 Å². The molecule has 0 aromatic rings. The van der Waals surface area contributed by atoms with E-state index in [1.807, 2.05) is 13.8 Å². The highest BCUT2D eigenvalue weighted by atomic mass is 19.1. The summed E-state index contributed by atoms with van der Waals surface area (Å²) in [6, 6.07) is 0. The molecule has 1 aliphatic heterocycles. The van der Waals surface area contributed by atoms with Crippen molar-refractivity contribution in [1.82, 2.24) is 10.6 Å². The fraction of sp³-hybridized carbons (Fsp3) is 0.286. The van der Waals surface area contributed by atoms with Gasteiger partial charge in [0.2, 0.25) is 5.83 Å². The normalized spacial score (nSPS) is 15.4. The zero-order valence-electron chi connectivity index (χ0n) is 6.57. The van der Waals surface area contributed by atoms with Gasteiger partial charge in [0.1, 0.15) is 5.82 Å². The molecule has 0 aliphatic carbocycles. The van der Waals surface area contributed by atoms with E-state index in [2.05, 4.69) is 17.2 Å². The Hall–Kier alpha value is -1.32. The van der Waals surface area contributed by atoms with Crippen molar-refractivity contribution in [2.75, 3.05) is 0 Å². The fourth-order valence-electron chi connectivity index (χ4n) is 0.449. The molecule has 11 heavy (non-hydrogen) atoms. The first-order valence-corrected chi connectivity index (χ1v) is 3.32. The Labute approximate surface area is 65.0 Å². The number of nitrogens with one attached hydrogen (secondary N) is 2. The van der Waals surface area contributed by atoms with Crippen LogP contribution in [0.15, 0.2) is 24.4 Å². The molecule has 1 aliphatic rings. The molecular formula is C7H11FN2O. The monoisotopic (exact) mass is 158 g/mol. The zero-order chi connectivity index (χ0) is 8.85. The van der Waals surface area contributed by atoms with Crippen LogP contribution in [0.3, 0.4) is 0 Å². The molecule has 1 amide bonds. The van der Waals surface area contributed by atoms with Crippen molar-refractivity contribution in [3.8, 4) is 0 Å². The van der Waals surface area contributed by atoms with Crippen molar-refractivity contribution in [3.05, 3.63) is 24.4 Å². The standard InChI is InChI=1S/C5H5FN2O.C2H6/c1-3-7-2-4(6)5(9)8-3;1-2/h2,7H,1H2,(H,8,9);1-2H3. The fourth-order valence-corrected chi connectivity index (χ4v) is 0.449. The Balaban J connectivity index is 0.000000461. The predicted molar refractivity (Wildman–Crippen MR) is 41.0 cm³/mol. The number of amides is 1. The third kappa shape index (κ3) is 2.84. The molecule has 1 rings (SSSR count). The van der Waals surface area contributed by atoms with E-state index in [0.29, 0.717) is 5.82 Å². The molecule has 1 heterocycles. The number of carbonyl (C=O) groups excluding carboxylic acids is 1.